The molecule has 5 amide bonds. The van der Waals surface area contributed by atoms with Gasteiger partial charge in [0.25, 0.3) is 11.8 Å². The highest BCUT2D eigenvalue weighted by Crippen LogP contribution is 2.35. The summed E-state index contributed by atoms with van der Waals surface area (Å²) in [5.74, 6) is -1.63. The largest absolute Gasteiger partial charge is 0.444 e. The molecule has 3 fully saturated rings. The zero-order chi connectivity index (χ0) is 27.2. The van der Waals surface area contributed by atoms with Crippen molar-refractivity contribution < 1.29 is 28.7 Å². The predicted octanol–water partition coefficient (Wildman–Crippen LogP) is 2.67. The second-order valence-electron chi connectivity index (χ2n) is 11.8. The van der Waals surface area contributed by atoms with Gasteiger partial charge in [0, 0.05) is 25.6 Å². The molecule has 0 radical (unpaired) electrons. The Hall–Kier alpha value is -3.27. The van der Waals surface area contributed by atoms with Gasteiger partial charge < -0.3 is 14.5 Å². The molecule has 0 aromatic heterocycles. The molecule has 4 heterocycles. The van der Waals surface area contributed by atoms with E-state index in [2.05, 4.69) is 10.2 Å². The Kier molecular flexibility index (Phi) is 7.02. The summed E-state index contributed by atoms with van der Waals surface area (Å²) in [5.41, 5.74) is 1.20. The molecule has 10 heteroatoms. The number of likely N-dealkylation sites (tertiary alicyclic amines) is 2. The second kappa shape index (κ2) is 10.1. The van der Waals surface area contributed by atoms with Crippen LogP contribution in [0.4, 0.5) is 4.79 Å². The molecule has 0 spiro atoms. The zero-order valence-corrected chi connectivity index (χ0v) is 22.3. The van der Waals surface area contributed by atoms with E-state index >= 15 is 0 Å². The number of nitrogens with one attached hydrogen (secondary N) is 1. The number of fused-ring (bicyclic) bond motifs is 1. The lowest BCUT2D eigenvalue weighted by molar-refractivity contribution is -0.136. The van der Waals surface area contributed by atoms with Gasteiger partial charge in [0.05, 0.1) is 11.1 Å². The zero-order valence-electron chi connectivity index (χ0n) is 22.3. The molecule has 1 aromatic carbocycles. The Balaban J connectivity index is 1.17. The minimum atomic E-state index is -0.950. The number of nitrogens with zero attached hydrogens (tertiary/aromatic N) is 3. The van der Waals surface area contributed by atoms with Crippen molar-refractivity contribution in [2.24, 2.45) is 0 Å². The first kappa shape index (κ1) is 26.3. The van der Waals surface area contributed by atoms with E-state index in [9.17, 15) is 24.0 Å². The fourth-order valence-electron chi connectivity index (χ4n) is 6.08. The van der Waals surface area contributed by atoms with Gasteiger partial charge in [0.15, 0.2) is 0 Å². The summed E-state index contributed by atoms with van der Waals surface area (Å²) in [6.07, 6.45) is 3.76. The molecule has 5 rings (SSSR count). The number of amides is 5. The summed E-state index contributed by atoms with van der Waals surface area (Å²) in [5, 5.41) is 2.23. The van der Waals surface area contributed by atoms with E-state index in [4.69, 9.17) is 4.74 Å². The van der Waals surface area contributed by atoms with Crippen LogP contribution in [0.5, 0.6) is 0 Å². The highest BCUT2D eigenvalue weighted by atomic mass is 16.6. The van der Waals surface area contributed by atoms with Gasteiger partial charge in [0.2, 0.25) is 11.8 Å². The third-order valence-corrected chi connectivity index (χ3v) is 8.10. The lowest BCUT2D eigenvalue weighted by Gasteiger charge is -2.42. The second-order valence-corrected chi connectivity index (χ2v) is 11.8. The lowest BCUT2D eigenvalue weighted by Crippen LogP contribution is -2.54. The monoisotopic (exact) mass is 524 g/mol. The Morgan fingerprint density at radius 1 is 0.895 bits per heavy atom. The Morgan fingerprint density at radius 3 is 2.18 bits per heavy atom. The minimum Gasteiger partial charge on any atom is -0.444 e. The van der Waals surface area contributed by atoms with E-state index in [-0.39, 0.29) is 30.8 Å². The van der Waals surface area contributed by atoms with Crippen molar-refractivity contribution in [3.8, 4) is 0 Å². The van der Waals surface area contributed by atoms with Gasteiger partial charge >= 0.3 is 6.09 Å². The summed E-state index contributed by atoms with van der Waals surface area (Å²) in [6, 6.07) is 4.94. The van der Waals surface area contributed by atoms with Gasteiger partial charge in [-0.2, -0.15) is 0 Å². The number of imide groups is 2. The fraction of sp³-hybridized carbons (Fsp3) is 0.607. The summed E-state index contributed by atoms with van der Waals surface area (Å²) < 4.78 is 5.51. The first-order valence-electron chi connectivity index (χ1n) is 13.6. The van der Waals surface area contributed by atoms with Crippen LogP contribution in [0.2, 0.25) is 0 Å². The number of hydrogen-bond donors (Lipinski definition) is 1. The van der Waals surface area contributed by atoms with Crippen molar-refractivity contribution in [1.29, 1.82) is 0 Å². The van der Waals surface area contributed by atoms with E-state index in [0.717, 1.165) is 49.2 Å². The topological polar surface area (TPSA) is 116 Å². The SMILES string of the molecule is CC(C)(C)OC(=O)N1CCC(N2CCC(c3ccc4c(c3)C(=O)N(C3CCC(=O)NC3=O)C4=O)CC2)CC1. The average molecular weight is 525 g/mol. The Morgan fingerprint density at radius 2 is 1.55 bits per heavy atom. The first-order chi connectivity index (χ1) is 18.0. The normalized spacial score (nSPS) is 24.0. The highest BCUT2D eigenvalue weighted by Gasteiger charge is 2.45. The maximum Gasteiger partial charge on any atom is 0.410 e. The molecular formula is C28H36N4O6. The van der Waals surface area contributed by atoms with Crippen LogP contribution in [-0.2, 0) is 14.3 Å². The highest BCUT2D eigenvalue weighted by molar-refractivity contribution is 6.23. The molecule has 3 saturated heterocycles. The molecule has 1 N–H and O–H groups in total. The summed E-state index contributed by atoms with van der Waals surface area (Å²) in [4.78, 5) is 67.7. The number of piperidine rings is 3. The number of benzene rings is 1. The van der Waals surface area contributed by atoms with E-state index in [1.54, 1.807) is 11.0 Å². The molecule has 204 valence electrons. The molecule has 1 aromatic rings. The lowest BCUT2D eigenvalue weighted by atomic mass is 9.86. The van der Waals surface area contributed by atoms with Gasteiger partial charge in [-0.05, 0) is 89.6 Å². The van der Waals surface area contributed by atoms with Gasteiger partial charge in [-0.15, -0.1) is 0 Å². The number of carbonyl (C=O) groups excluding carboxylic acids is 5. The van der Waals surface area contributed by atoms with E-state index in [1.165, 1.54) is 0 Å². The quantitative estimate of drug-likeness (QED) is 0.605. The molecule has 1 unspecified atom stereocenters. The first-order valence-corrected chi connectivity index (χ1v) is 13.6. The van der Waals surface area contributed by atoms with Crippen LogP contribution in [0.1, 0.15) is 91.5 Å². The summed E-state index contributed by atoms with van der Waals surface area (Å²) in [7, 11) is 0. The number of hydrogen-bond acceptors (Lipinski definition) is 7. The van der Waals surface area contributed by atoms with E-state index in [0.29, 0.717) is 30.3 Å². The van der Waals surface area contributed by atoms with Crippen LogP contribution in [-0.4, -0.2) is 88.3 Å². The molecule has 0 aliphatic carbocycles. The molecular weight excluding hydrogens is 488 g/mol. The Labute approximate surface area is 222 Å². The smallest absolute Gasteiger partial charge is 0.410 e. The maximum atomic E-state index is 13.2. The van der Waals surface area contributed by atoms with Crippen LogP contribution in [0.15, 0.2) is 18.2 Å². The molecule has 4 aliphatic rings. The van der Waals surface area contributed by atoms with E-state index in [1.807, 2.05) is 32.9 Å². The van der Waals surface area contributed by atoms with Crippen LogP contribution < -0.4 is 5.32 Å². The Bertz CT molecular complexity index is 1160. The number of ether oxygens (including phenoxy) is 1. The molecule has 0 saturated carbocycles. The van der Waals surface area contributed by atoms with Crippen LogP contribution >= 0.6 is 0 Å². The maximum absolute atomic E-state index is 13.2. The molecule has 1 atom stereocenters. The molecule has 0 bridgehead atoms. The molecule has 38 heavy (non-hydrogen) atoms. The van der Waals surface area contributed by atoms with Gasteiger partial charge in [0.1, 0.15) is 11.6 Å². The van der Waals surface area contributed by atoms with Crippen molar-refractivity contribution in [3.63, 3.8) is 0 Å². The van der Waals surface area contributed by atoms with Crippen molar-refractivity contribution in [2.75, 3.05) is 26.2 Å². The third kappa shape index (κ3) is 5.18. The number of rotatable bonds is 3. The van der Waals surface area contributed by atoms with Crippen molar-refractivity contribution in [3.05, 3.63) is 34.9 Å². The van der Waals surface area contributed by atoms with Crippen molar-refractivity contribution >= 4 is 29.7 Å². The minimum absolute atomic E-state index is 0.105. The van der Waals surface area contributed by atoms with E-state index < -0.39 is 29.4 Å². The van der Waals surface area contributed by atoms with Crippen LogP contribution in [0, 0.1) is 0 Å². The van der Waals surface area contributed by atoms with Crippen LogP contribution in [0.25, 0.3) is 0 Å². The van der Waals surface area contributed by atoms with Gasteiger partial charge in [-0.3, -0.25) is 29.4 Å². The molecule has 10 nitrogen and oxygen atoms in total. The van der Waals surface area contributed by atoms with Crippen LogP contribution in [0.3, 0.4) is 0 Å². The van der Waals surface area contributed by atoms with Gasteiger partial charge in [-0.25, -0.2) is 4.79 Å². The standard InChI is InChI=1S/C28H36N4O6/c1-28(2,3)38-27(37)31-14-10-19(11-15-31)30-12-8-17(9-13-30)18-4-5-20-21(16-18)26(36)32(25(20)35)22-6-7-23(33)29-24(22)34/h4-5,16-17,19,22H,6-15H2,1-3H3,(H,29,33,34). The van der Waals surface area contributed by atoms with Crippen molar-refractivity contribution in [2.45, 2.75) is 82.9 Å². The summed E-state index contributed by atoms with van der Waals surface area (Å²) in [6.45, 7) is 8.91. The summed E-state index contributed by atoms with van der Waals surface area (Å²) >= 11 is 0. The fourth-order valence-corrected chi connectivity index (χ4v) is 6.08. The van der Waals surface area contributed by atoms with Gasteiger partial charge in [-0.1, -0.05) is 6.07 Å². The predicted molar refractivity (Wildman–Crippen MR) is 137 cm³/mol. The third-order valence-electron chi connectivity index (χ3n) is 8.10. The average Bonchev–Trinajstić information content (AvgIpc) is 3.12. The van der Waals surface area contributed by atoms with Crippen molar-refractivity contribution in [1.82, 2.24) is 20.0 Å². The number of carbonyl (C=O) groups is 5. The molecule has 4 aliphatic heterocycles.